The molecule has 2 aromatic rings. The van der Waals surface area contributed by atoms with Gasteiger partial charge in [0.05, 0.1) is 19.3 Å². The number of nitrogens with two attached hydrogens (primary N) is 1. The van der Waals surface area contributed by atoms with Crippen molar-refractivity contribution in [2.45, 2.75) is 32.2 Å². The Hall–Kier alpha value is -3.72. The van der Waals surface area contributed by atoms with Gasteiger partial charge in [0.15, 0.2) is 11.5 Å². The van der Waals surface area contributed by atoms with Crippen molar-refractivity contribution in [2.24, 2.45) is 5.73 Å². The minimum absolute atomic E-state index is 0.00733. The van der Waals surface area contributed by atoms with Gasteiger partial charge in [0.1, 0.15) is 5.54 Å². The van der Waals surface area contributed by atoms with Crippen LogP contribution in [-0.4, -0.2) is 43.1 Å². The van der Waals surface area contributed by atoms with E-state index in [-0.39, 0.29) is 30.9 Å². The van der Waals surface area contributed by atoms with Gasteiger partial charge < -0.3 is 24.7 Å². The first-order valence-corrected chi connectivity index (χ1v) is 9.74. The van der Waals surface area contributed by atoms with Crippen LogP contribution in [0.1, 0.15) is 36.2 Å². The zero-order valence-corrected chi connectivity index (χ0v) is 18.1. The van der Waals surface area contributed by atoms with E-state index in [1.165, 1.54) is 33.1 Å². The average Bonchev–Trinajstić information content (AvgIpc) is 2.74. The highest BCUT2D eigenvalue weighted by Crippen LogP contribution is 2.30. The lowest BCUT2D eigenvalue weighted by molar-refractivity contribution is -0.147. The highest BCUT2D eigenvalue weighted by Gasteiger charge is 2.36. The third-order valence-corrected chi connectivity index (χ3v) is 4.42. The molecule has 0 aliphatic heterocycles. The minimum atomic E-state index is -1.53. The zero-order valence-electron chi connectivity index (χ0n) is 18.1. The number of hydrogen-bond acceptors (Lipinski definition) is 9. The van der Waals surface area contributed by atoms with Crippen molar-refractivity contribution >= 4 is 23.9 Å². The SMILES string of the molecule is COC(=O)[C@@](N)(CCOC(=O)c1ccccc1)Cc1ccc(OC(C)=O)c(OC(C)=O)c1. The van der Waals surface area contributed by atoms with Crippen molar-refractivity contribution in [3.63, 3.8) is 0 Å². The molecule has 170 valence electrons. The molecule has 0 spiro atoms. The number of carbonyl (C=O) groups excluding carboxylic acids is 4. The maximum absolute atomic E-state index is 12.4. The summed E-state index contributed by atoms with van der Waals surface area (Å²) in [4.78, 5) is 47.2. The number of methoxy groups -OCH3 is 1. The molecular weight excluding hydrogens is 418 g/mol. The molecule has 0 bridgehead atoms. The molecule has 2 aromatic carbocycles. The molecule has 0 radical (unpaired) electrons. The first kappa shape index (κ1) is 24.5. The highest BCUT2D eigenvalue weighted by atomic mass is 16.6. The van der Waals surface area contributed by atoms with E-state index in [9.17, 15) is 19.2 Å². The number of hydrogen-bond donors (Lipinski definition) is 1. The zero-order chi connectivity index (χ0) is 23.7. The van der Waals surface area contributed by atoms with Crippen molar-refractivity contribution in [1.82, 2.24) is 0 Å². The van der Waals surface area contributed by atoms with E-state index in [2.05, 4.69) is 0 Å². The summed E-state index contributed by atoms with van der Waals surface area (Å²) in [5, 5.41) is 0. The van der Waals surface area contributed by atoms with Gasteiger partial charge in [-0.25, -0.2) is 4.79 Å². The van der Waals surface area contributed by atoms with E-state index in [1.807, 2.05) is 0 Å². The second-order valence-electron chi connectivity index (χ2n) is 7.04. The molecule has 0 aliphatic rings. The third kappa shape index (κ3) is 6.92. The molecule has 0 aliphatic carbocycles. The number of carbonyl (C=O) groups is 4. The van der Waals surface area contributed by atoms with E-state index in [0.29, 0.717) is 11.1 Å². The number of ether oxygens (including phenoxy) is 4. The van der Waals surface area contributed by atoms with Gasteiger partial charge in [-0.05, 0) is 29.8 Å². The monoisotopic (exact) mass is 443 g/mol. The van der Waals surface area contributed by atoms with Gasteiger partial charge in [-0.1, -0.05) is 24.3 Å². The Kier molecular flexibility index (Phi) is 8.48. The Balaban J connectivity index is 2.18. The lowest BCUT2D eigenvalue weighted by atomic mass is 9.88. The molecule has 2 N–H and O–H groups in total. The van der Waals surface area contributed by atoms with Gasteiger partial charge in [-0.3, -0.25) is 14.4 Å². The second-order valence-corrected chi connectivity index (χ2v) is 7.04. The fourth-order valence-corrected chi connectivity index (χ4v) is 2.95. The smallest absolute Gasteiger partial charge is 0.338 e. The largest absolute Gasteiger partial charge is 0.468 e. The quantitative estimate of drug-likeness (QED) is 0.457. The van der Waals surface area contributed by atoms with Crippen LogP contribution in [0.15, 0.2) is 48.5 Å². The van der Waals surface area contributed by atoms with Gasteiger partial charge in [0, 0.05) is 26.7 Å². The van der Waals surface area contributed by atoms with Crippen molar-refractivity contribution in [3.05, 3.63) is 59.7 Å². The molecule has 0 unspecified atom stereocenters. The Morgan fingerprint density at radius 2 is 1.53 bits per heavy atom. The number of esters is 4. The fraction of sp³-hybridized carbons (Fsp3) is 0.304. The molecular formula is C23H25NO8. The summed E-state index contributed by atoms with van der Waals surface area (Å²) in [5.74, 6) is -2.39. The topological polar surface area (TPSA) is 131 Å². The highest BCUT2D eigenvalue weighted by molar-refractivity contribution is 5.89. The molecule has 0 aromatic heterocycles. The summed E-state index contributed by atoms with van der Waals surface area (Å²) in [6.45, 7) is 2.29. The average molecular weight is 443 g/mol. The molecule has 1 atom stereocenters. The number of rotatable bonds is 9. The van der Waals surface area contributed by atoms with Crippen LogP contribution in [0.2, 0.25) is 0 Å². The molecule has 2 rings (SSSR count). The van der Waals surface area contributed by atoms with Crippen molar-refractivity contribution in [3.8, 4) is 11.5 Å². The summed E-state index contributed by atoms with van der Waals surface area (Å²) in [6, 6.07) is 12.9. The first-order valence-electron chi connectivity index (χ1n) is 9.74. The molecule has 0 amide bonds. The predicted octanol–water partition coefficient (Wildman–Crippen LogP) is 2.20. The molecule has 0 saturated heterocycles. The number of benzene rings is 2. The van der Waals surface area contributed by atoms with Crippen LogP contribution < -0.4 is 15.2 Å². The fourth-order valence-electron chi connectivity index (χ4n) is 2.95. The Morgan fingerprint density at radius 1 is 0.906 bits per heavy atom. The van der Waals surface area contributed by atoms with Crippen molar-refractivity contribution < 1.29 is 38.1 Å². The minimum Gasteiger partial charge on any atom is -0.468 e. The summed E-state index contributed by atoms with van der Waals surface area (Å²) in [6.07, 6.45) is -0.0377. The summed E-state index contributed by atoms with van der Waals surface area (Å²) in [7, 11) is 1.20. The third-order valence-electron chi connectivity index (χ3n) is 4.42. The molecule has 0 fully saturated rings. The lowest BCUT2D eigenvalue weighted by Gasteiger charge is -2.26. The van der Waals surface area contributed by atoms with Crippen LogP contribution in [0.3, 0.4) is 0 Å². The van der Waals surface area contributed by atoms with Crippen molar-refractivity contribution in [2.75, 3.05) is 13.7 Å². The first-order chi connectivity index (χ1) is 15.1. The molecule has 0 heterocycles. The molecule has 9 heteroatoms. The summed E-state index contributed by atoms with van der Waals surface area (Å²) >= 11 is 0. The van der Waals surface area contributed by atoms with Gasteiger partial charge in [0.25, 0.3) is 0 Å². The van der Waals surface area contributed by atoms with Crippen LogP contribution in [-0.2, 0) is 30.3 Å². The molecule has 32 heavy (non-hydrogen) atoms. The van der Waals surface area contributed by atoms with Crippen LogP contribution in [0, 0.1) is 0 Å². The van der Waals surface area contributed by atoms with E-state index in [1.54, 1.807) is 36.4 Å². The lowest BCUT2D eigenvalue weighted by Crippen LogP contribution is -2.51. The van der Waals surface area contributed by atoms with E-state index in [4.69, 9.17) is 24.7 Å². The van der Waals surface area contributed by atoms with E-state index < -0.39 is 29.4 Å². The van der Waals surface area contributed by atoms with E-state index >= 15 is 0 Å². The normalized spacial score (nSPS) is 12.2. The van der Waals surface area contributed by atoms with Crippen LogP contribution in [0.25, 0.3) is 0 Å². The van der Waals surface area contributed by atoms with Gasteiger partial charge in [-0.15, -0.1) is 0 Å². The van der Waals surface area contributed by atoms with Crippen LogP contribution >= 0.6 is 0 Å². The van der Waals surface area contributed by atoms with Gasteiger partial charge >= 0.3 is 23.9 Å². The Bertz CT molecular complexity index is 989. The predicted molar refractivity (Wildman–Crippen MR) is 113 cm³/mol. The van der Waals surface area contributed by atoms with Gasteiger partial charge in [0.2, 0.25) is 0 Å². The molecule has 0 saturated carbocycles. The summed E-state index contributed by atoms with van der Waals surface area (Å²) < 4.78 is 20.2. The standard InChI is InChI=1S/C23H25NO8/c1-15(25)31-19-10-9-17(13-20(19)32-16(2)26)14-23(24,22(28)29-3)11-12-30-21(27)18-7-5-4-6-8-18/h4-10,13H,11-12,14,24H2,1-3H3/t23-/m1/s1. The Labute approximate surface area is 185 Å². The van der Waals surface area contributed by atoms with Gasteiger partial charge in [-0.2, -0.15) is 0 Å². The van der Waals surface area contributed by atoms with Crippen LogP contribution in [0.4, 0.5) is 0 Å². The molecule has 9 nitrogen and oxygen atoms in total. The maximum atomic E-state index is 12.4. The van der Waals surface area contributed by atoms with Crippen LogP contribution in [0.5, 0.6) is 11.5 Å². The Morgan fingerprint density at radius 3 is 2.12 bits per heavy atom. The second kappa shape index (κ2) is 11.1. The maximum Gasteiger partial charge on any atom is 0.338 e. The summed E-state index contributed by atoms with van der Waals surface area (Å²) in [5.41, 5.74) is 5.68. The van der Waals surface area contributed by atoms with Crippen molar-refractivity contribution in [1.29, 1.82) is 0 Å². The van der Waals surface area contributed by atoms with E-state index in [0.717, 1.165) is 0 Å².